The quantitative estimate of drug-likeness (QED) is 0.793. The third-order valence-electron chi connectivity index (χ3n) is 4.09. The lowest BCUT2D eigenvalue weighted by Gasteiger charge is -2.29. The number of carbonyl (C=O) groups excluding carboxylic acids is 2. The average molecular weight is 325 g/mol. The summed E-state index contributed by atoms with van der Waals surface area (Å²) in [6, 6.07) is 12.8. The van der Waals surface area contributed by atoms with Gasteiger partial charge in [-0.05, 0) is 42.7 Å². The molecular formula is C19H19NO4. The summed E-state index contributed by atoms with van der Waals surface area (Å²) in [7, 11) is 1.52. The number of nitrogens with zero attached hydrogens (tertiary/aromatic N) is 1. The Morgan fingerprint density at radius 2 is 2.04 bits per heavy atom. The molecule has 0 N–H and O–H groups in total. The number of hydrogen-bond donors (Lipinski definition) is 0. The van der Waals surface area contributed by atoms with Crippen molar-refractivity contribution in [3.63, 3.8) is 0 Å². The Kier molecular flexibility index (Phi) is 4.79. The van der Waals surface area contributed by atoms with Gasteiger partial charge in [-0.15, -0.1) is 0 Å². The van der Waals surface area contributed by atoms with Gasteiger partial charge in [0.15, 0.2) is 18.1 Å². The predicted octanol–water partition coefficient (Wildman–Crippen LogP) is 2.87. The molecule has 1 heterocycles. The highest BCUT2D eigenvalue weighted by Crippen LogP contribution is 2.29. The smallest absolute Gasteiger partial charge is 0.264 e. The number of benzene rings is 2. The van der Waals surface area contributed by atoms with Gasteiger partial charge in [0, 0.05) is 17.8 Å². The fourth-order valence-electron chi connectivity index (χ4n) is 2.89. The van der Waals surface area contributed by atoms with Gasteiger partial charge in [-0.1, -0.05) is 18.2 Å². The highest BCUT2D eigenvalue weighted by molar-refractivity contribution is 5.95. The van der Waals surface area contributed by atoms with Gasteiger partial charge >= 0.3 is 0 Å². The molecule has 5 nitrogen and oxygen atoms in total. The van der Waals surface area contributed by atoms with E-state index in [9.17, 15) is 9.59 Å². The Morgan fingerprint density at radius 3 is 2.83 bits per heavy atom. The summed E-state index contributed by atoms with van der Waals surface area (Å²) in [5.41, 5.74) is 2.60. The van der Waals surface area contributed by atoms with E-state index in [4.69, 9.17) is 9.47 Å². The topological polar surface area (TPSA) is 55.8 Å². The third kappa shape index (κ3) is 3.25. The van der Waals surface area contributed by atoms with Crippen LogP contribution in [0.4, 0.5) is 5.69 Å². The van der Waals surface area contributed by atoms with Gasteiger partial charge in [0.2, 0.25) is 0 Å². The molecule has 3 rings (SSSR count). The molecule has 0 saturated carbocycles. The Hall–Kier alpha value is -2.82. The SMILES string of the molecule is COc1ccc(C=O)cc1OCC(=O)N1CCCc2ccccc21. The number of para-hydroxylation sites is 1. The number of anilines is 1. The Balaban J connectivity index is 1.74. The van der Waals surface area contributed by atoms with Crippen LogP contribution in [0, 0.1) is 0 Å². The van der Waals surface area contributed by atoms with Gasteiger partial charge in [0.1, 0.15) is 6.29 Å². The Labute approximate surface area is 140 Å². The van der Waals surface area contributed by atoms with Crippen molar-refractivity contribution in [2.75, 3.05) is 25.2 Å². The summed E-state index contributed by atoms with van der Waals surface area (Å²) in [6.45, 7) is 0.581. The molecule has 0 bridgehead atoms. The number of fused-ring (bicyclic) bond motifs is 1. The van der Waals surface area contributed by atoms with Crippen molar-refractivity contribution in [3.8, 4) is 11.5 Å². The van der Waals surface area contributed by atoms with Gasteiger partial charge in [0.05, 0.1) is 7.11 Å². The number of rotatable bonds is 5. The molecule has 5 heteroatoms. The van der Waals surface area contributed by atoms with E-state index in [1.54, 1.807) is 23.1 Å². The van der Waals surface area contributed by atoms with Crippen molar-refractivity contribution in [1.29, 1.82) is 0 Å². The maximum atomic E-state index is 12.6. The van der Waals surface area contributed by atoms with E-state index in [1.807, 2.05) is 24.3 Å². The highest BCUT2D eigenvalue weighted by atomic mass is 16.5. The third-order valence-corrected chi connectivity index (χ3v) is 4.09. The molecule has 0 fully saturated rings. The molecule has 2 aromatic rings. The number of amides is 1. The van der Waals surface area contributed by atoms with E-state index in [1.165, 1.54) is 12.7 Å². The van der Waals surface area contributed by atoms with Crippen molar-refractivity contribution in [2.45, 2.75) is 12.8 Å². The van der Waals surface area contributed by atoms with Gasteiger partial charge in [-0.2, -0.15) is 0 Å². The standard InChI is InChI=1S/C19H19NO4/c1-23-17-9-8-14(12-21)11-18(17)24-13-19(22)20-10-4-6-15-5-2-3-7-16(15)20/h2-3,5,7-9,11-12H,4,6,10,13H2,1H3. The maximum Gasteiger partial charge on any atom is 0.264 e. The molecule has 24 heavy (non-hydrogen) atoms. The first-order valence-corrected chi connectivity index (χ1v) is 7.87. The van der Waals surface area contributed by atoms with Crippen molar-refractivity contribution >= 4 is 17.9 Å². The van der Waals surface area contributed by atoms with Crippen LogP contribution in [-0.4, -0.2) is 32.5 Å². The molecule has 0 atom stereocenters. The number of methoxy groups -OCH3 is 1. The van der Waals surface area contributed by atoms with E-state index in [-0.39, 0.29) is 12.5 Å². The molecule has 0 aliphatic carbocycles. The van der Waals surface area contributed by atoms with Crippen LogP contribution in [0.3, 0.4) is 0 Å². The van der Waals surface area contributed by atoms with Gasteiger partial charge < -0.3 is 14.4 Å². The van der Waals surface area contributed by atoms with Crippen LogP contribution in [0.25, 0.3) is 0 Å². The van der Waals surface area contributed by atoms with Crippen LogP contribution in [-0.2, 0) is 11.2 Å². The summed E-state index contributed by atoms with van der Waals surface area (Å²) >= 11 is 0. The van der Waals surface area contributed by atoms with Crippen molar-refractivity contribution in [2.24, 2.45) is 0 Å². The first-order chi connectivity index (χ1) is 11.7. The second kappa shape index (κ2) is 7.17. The van der Waals surface area contributed by atoms with E-state index in [2.05, 4.69) is 0 Å². The fraction of sp³-hybridized carbons (Fsp3) is 0.263. The van der Waals surface area contributed by atoms with Gasteiger partial charge in [-0.25, -0.2) is 0 Å². The van der Waals surface area contributed by atoms with E-state index >= 15 is 0 Å². The van der Waals surface area contributed by atoms with Crippen LogP contribution >= 0.6 is 0 Å². The zero-order valence-electron chi connectivity index (χ0n) is 13.5. The van der Waals surface area contributed by atoms with Crippen LogP contribution in [0.2, 0.25) is 0 Å². The minimum Gasteiger partial charge on any atom is -0.493 e. The first kappa shape index (κ1) is 16.1. The van der Waals surface area contributed by atoms with E-state index < -0.39 is 0 Å². The summed E-state index contributed by atoms with van der Waals surface area (Å²) in [6.07, 6.45) is 2.65. The minimum atomic E-state index is -0.110. The van der Waals surface area contributed by atoms with Gasteiger partial charge in [-0.3, -0.25) is 9.59 Å². The first-order valence-electron chi connectivity index (χ1n) is 7.87. The summed E-state index contributed by atoms with van der Waals surface area (Å²) in [5.74, 6) is 0.772. The summed E-state index contributed by atoms with van der Waals surface area (Å²) in [4.78, 5) is 25.2. The monoisotopic (exact) mass is 325 g/mol. The zero-order valence-corrected chi connectivity index (χ0v) is 13.5. The summed E-state index contributed by atoms with van der Waals surface area (Å²) < 4.78 is 10.8. The Bertz CT molecular complexity index is 757. The molecule has 0 spiro atoms. The van der Waals surface area contributed by atoms with Crippen LogP contribution in [0.15, 0.2) is 42.5 Å². The van der Waals surface area contributed by atoms with Crippen LogP contribution < -0.4 is 14.4 Å². The molecule has 0 saturated heterocycles. The van der Waals surface area contributed by atoms with Crippen molar-refractivity contribution < 1.29 is 19.1 Å². The van der Waals surface area contributed by atoms with E-state index in [0.717, 1.165) is 24.8 Å². The lowest BCUT2D eigenvalue weighted by atomic mass is 10.0. The lowest BCUT2D eigenvalue weighted by Crippen LogP contribution is -2.38. The zero-order chi connectivity index (χ0) is 16.9. The molecule has 2 aromatic carbocycles. The van der Waals surface area contributed by atoms with Crippen LogP contribution in [0.5, 0.6) is 11.5 Å². The summed E-state index contributed by atoms with van der Waals surface area (Å²) in [5, 5.41) is 0. The Morgan fingerprint density at radius 1 is 1.21 bits per heavy atom. The molecule has 124 valence electrons. The van der Waals surface area contributed by atoms with E-state index in [0.29, 0.717) is 23.6 Å². The number of ether oxygens (including phenoxy) is 2. The number of hydrogen-bond acceptors (Lipinski definition) is 4. The number of carbonyl (C=O) groups is 2. The van der Waals surface area contributed by atoms with Crippen molar-refractivity contribution in [1.82, 2.24) is 0 Å². The second-order valence-corrected chi connectivity index (χ2v) is 5.59. The van der Waals surface area contributed by atoms with Gasteiger partial charge in [0.25, 0.3) is 5.91 Å². The number of aldehydes is 1. The van der Waals surface area contributed by atoms with Crippen molar-refractivity contribution in [3.05, 3.63) is 53.6 Å². The molecule has 0 radical (unpaired) electrons. The minimum absolute atomic E-state index is 0.104. The maximum absolute atomic E-state index is 12.6. The molecular weight excluding hydrogens is 306 g/mol. The predicted molar refractivity (Wildman–Crippen MR) is 91.0 cm³/mol. The normalized spacial score (nSPS) is 13.1. The molecule has 1 aliphatic heterocycles. The molecule has 1 aliphatic rings. The molecule has 0 aromatic heterocycles. The fourth-order valence-corrected chi connectivity index (χ4v) is 2.89. The highest BCUT2D eigenvalue weighted by Gasteiger charge is 2.22. The largest absolute Gasteiger partial charge is 0.493 e. The number of aryl methyl sites for hydroxylation is 1. The second-order valence-electron chi connectivity index (χ2n) is 5.59. The molecule has 0 unspecified atom stereocenters. The lowest BCUT2D eigenvalue weighted by molar-refractivity contribution is -0.120. The van der Waals surface area contributed by atoms with Crippen LogP contribution in [0.1, 0.15) is 22.3 Å². The average Bonchev–Trinajstić information content (AvgIpc) is 2.65. The molecule has 1 amide bonds.